The molecule has 0 saturated carbocycles. The van der Waals surface area contributed by atoms with E-state index in [1.54, 1.807) is 54.6 Å². The minimum atomic E-state index is -3.93. The van der Waals surface area contributed by atoms with E-state index < -0.39 is 32.0 Å². The number of sulfonamides is 1. The van der Waals surface area contributed by atoms with Gasteiger partial charge < -0.3 is 18.9 Å². The van der Waals surface area contributed by atoms with Crippen LogP contribution < -0.4 is 14.6 Å². The maximum atomic E-state index is 12.7. The molecule has 5 aromatic rings. The van der Waals surface area contributed by atoms with Gasteiger partial charge in [0.25, 0.3) is 26.0 Å². The molecule has 52 heavy (non-hydrogen) atoms. The quantitative estimate of drug-likeness (QED) is 0.0620. The fourth-order valence-corrected chi connectivity index (χ4v) is 6.96. The van der Waals surface area contributed by atoms with Gasteiger partial charge in [0.1, 0.15) is 43.6 Å². The molecule has 0 spiro atoms. The van der Waals surface area contributed by atoms with Crippen molar-refractivity contribution in [3.05, 3.63) is 89.7 Å². The zero-order valence-corrected chi connectivity index (χ0v) is 30.1. The van der Waals surface area contributed by atoms with Crippen LogP contribution in [0.1, 0.15) is 16.8 Å². The van der Waals surface area contributed by atoms with Gasteiger partial charge in [0.15, 0.2) is 5.71 Å². The van der Waals surface area contributed by atoms with Crippen molar-refractivity contribution in [1.82, 2.24) is 20.0 Å². The van der Waals surface area contributed by atoms with Crippen LogP contribution in [0.3, 0.4) is 0 Å². The molecular weight excluding hydrogens is 741 g/mol. The van der Waals surface area contributed by atoms with Gasteiger partial charge in [-0.3, -0.25) is 8.98 Å². The minimum Gasteiger partial charge on any atom is -0.491 e. The number of nitrogens with zero attached hydrogens (tertiary/aromatic N) is 5. The molecule has 0 aliphatic rings. The smallest absolute Gasteiger partial charge is 0.354 e. The first-order chi connectivity index (χ1) is 24.8. The van der Waals surface area contributed by atoms with Crippen molar-refractivity contribution in [2.45, 2.75) is 35.9 Å². The van der Waals surface area contributed by atoms with Crippen LogP contribution in [0.4, 0.5) is 0 Å². The lowest BCUT2D eigenvalue weighted by atomic mass is 10.2. The van der Waals surface area contributed by atoms with Crippen molar-refractivity contribution < 1.29 is 49.6 Å². The Morgan fingerprint density at radius 2 is 1.71 bits per heavy atom. The number of aliphatic imine (C=N–C) groups is 1. The van der Waals surface area contributed by atoms with Gasteiger partial charge in [-0.25, -0.2) is 33.0 Å². The van der Waals surface area contributed by atoms with E-state index >= 15 is 0 Å². The van der Waals surface area contributed by atoms with Gasteiger partial charge in [0.05, 0.1) is 41.6 Å². The average Bonchev–Trinajstić information content (AvgIpc) is 3.75. The lowest BCUT2D eigenvalue weighted by Gasteiger charge is -2.10. The minimum absolute atomic E-state index is 0.0129. The normalized spacial score (nSPS) is 12.2. The first-order valence-corrected chi connectivity index (χ1v) is 19.0. The molecule has 0 aliphatic carbocycles. The van der Waals surface area contributed by atoms with E-state index in [2.05, 4.69) is 20.3 Å². The van der Waals surface area contributed by atoms with Crippen LogP contribution >= 0.6 is 11.3 Å². The zero-order chi connectivity index (χ0) is 37.3. The number of rotatable bonds is 17. The number of fused-ring (bicyclic) bond motifs is 1. The molecule has 0 atom stereocenters. The second kappa shape index (κ2) is 16.9. The first kappa shape index (κ1) is 38.1. The summed E-state index contributed by atoms with van der Waals surface area (Å²) in [6.45, 7) is 0.942. The molecule has 0 bridgehead atoms. The largest absolute Gasteiger partial charge is 0.491 e. The van der Waals surface area contributed by atoms with Crippen molar-refractivity contribution in [2.24, 2.45) is 10.1 Å². The first-order valence-electron chi connectivity index (χ1n) is 15.2. The molecule has 17 nitrogen and oxygen atoms in total. The van der Waals surface area contributed by atoms with Crippen molar-refractivity contribution in [3.8, 4) is 11.5 Å². The molecule has 0 saturated heterocycles. The van der Waals surface area contributed by atoms with Gasteiger partial charge in [-0.15, -0.1) is 16.4 Å². The van der Waals surface area contributed by atoms with Crippen molar-refractivity contribution in [3.63, 3.8) is 0 Å². The Labute approximate surface area is 302 Å². The second-order valence-electron chi connectivity index (χ2n) is 10.9. The summed E-state index contributed by atoms with van der Waals surface area (Å²) in [6, 6.07) is 17.9. The molecular formula is C32H32N6O11S3. The number of nitrogens with two attached hydrogens (primary N) is 1. The number of methoxy groups -OCH3 is 1. The van der Waals surface area contributed by atoms with E-state index in [0.717, 1.165) is 24.0 Å². The molecule has 2 N–H and O–H groups in total. The molecule has 0 aliphatic heterocycles. The molecule has 274 valence electrons. The Morgan fingerprint density at radius 1 is 0.942 bits per heavy atom. The highest BCUT2D eigenvalue weighted by molar-refractivity contribution is 7.91. The maximum absolute atomic E-state index is 12.7. The van der Waals surface area contributed by atoms with Crippen LogP contribution in [0.5, 0.6) is 11.5 Å². The lowest BCUT2D eigenvalue weighted by molar-refractivity contribution is -0.133. The number of hydrogen-bond acceptors (Lipinski definition) is 15. The van der Waals surface area contributed by atoms with Gasteiger partial charge in [0.2, 0.25) is 4.34 Å². The Bertz CT molecular complexity index is 2310. The van der Waals surface area contributed by atoms with Crippen molar-refractivity contribution >= 4 is 59.3 Å². The number of amides is 1. The predicted molar refractivity (Wildman–Crippen MR) is 186 cm³/mol. The number of aryl methyl sites for hydroxylation is 1. The monoisotopic (exact) mass is 772 g/mol. The fraction of sp³-hybridized carbons (Fsp3) is 0.250. The van der Waals surface area contributed by atoms with E-state index in [1.807, 2.05) is 6.92 Å². The third-order valence-corrected chi connectivity index (χ3v) is 10.5. The Morgan fingerprint density at radius 3 is 2.46 bits per heavy atom. The summed E-state index contributed by atoms with van der Waals surface area (Å²) in [5.74, 6) is -0.713. The molecule has 5 rings (SSSR count). The molecule has 20 heteroatoms. The standard InChI is InChI=1S/C32H32N6O11S3/c1-21-6-9-26(10-7-21)52(43,44)49-13-12-47-24-5-3-4-22(14-24)18-46-20-28(31(40)45-2)34-30(39)17-38-16-23(36-37-38)19-48-25-8-11-27-29(15-25)50-32(35-27)51(33,41)42/h3-11,14-16H,12-13,17-20H2,1-2H3,(H2,33,41,42). The van der Waals surface area contributed by atoms with Gasteiger partial charge in [-0.1, -0.05) is 35.0 Å². The Hall–Kier alpha value is -5.12. The number of ether oxygens (including phenoxy) is 4. The van der Waals surface area contributed by atoms with E-state index in [9.17, 15) is 26.4 Å². The van der Waals surface area contributed by atoms with Gasteiger partial charge in [-0.05, 0) is 55.0 Å². The zero-order valence-electron chi connectivity index (χ0n) is 27.7. The number of thiazole rings is 1. The number of primary sulfonamides is 1. The molecule has 0 unspecified atom stereocenters. The highest BCUT2D eigenvalue weighted by atomic mass is 32.2. The number of carbonyl (C=O) groups excluding carboxylic acids is 2. The maximum Gasteiger partial charge on any atom is 0.354 e. The number of aromatic nitrogens is 4. The molecule has 0 radical (unpaired) electrons. The van der Waals surface area contributed by atoms with Gasteiger partial charge in [-0.2, -0.15) is 8.42 Å². The highest BCUT2D eigenvalue weighted by Crippen LogP contribution is 2.28. The Kier molecular flexibility index (Phi) is 12.4. The molecule has 2 heterocycles. The number of carbonyl (C=O) groups is 2. The molecule has 0 fully saturated rings. The third kappa shape index (κ3) is 10.7. The predicted octanol–water partition coefficient (Wildman–Crippen LogP) is 2.56. The van der Waals surface area contributed by atoms with E-state index in [4.69, 9.17) is 28.3 Å². The number of hydrogen-bond donors (Lipinski definition) is 1. The summed E-state index contributed by atoms with van der Waals surface area (Å²) in [4.78, 5) is 32.9. The Balaban J connectivity index is 1.08. The summed E-state index contributed by atoms with van der Waals surface area (Å²) in [7, 11) is -6.70. The van der Waals surface area contributed by atoms with Crippen LogP contribution in [-0.4, -0.2) is 81.3 Å². The second-order valence-corrected chi connectivity index (χ2v) is 15.3. The average molecular weight is 773 g/mol. The van der Waals surface area contributed by atoms with Crippen LogP contribution in [0.25, 0.3) is 10.2 Å². The lowest BCUT2D eigenvalue weighted by Crippen LogP contribution is -2.24. The summed E-state index contributed by atoms with van der Waals surface area (Å²) in [5.41, 5.74) is 2.16. The molecule has 3 aromatic carbocycles. The molecule has 1 amide bonds. The summed E-state index contributed by atoms with van der Waals surface area (Å²) in [6.07, 6.45) is 1.47. The molecule has 2 aromatic heterocycles. The number of benzene rings is 3. The SMILES string of the molecule is COC(=O)C(COCc1cccc(OCCOS(=O)(=O)c2ccc(C)cc2)c1)=NC(=O)Cn1cc(COc2ccc3nc(S(N)(=O)=O)sc3c2)nn1. The van der Waals surface area contributed by atoms with E-state index in [-0.39, 0.29) is 54.5 Å². The van der Waals surface area contributed by atoms with Crippen LogP contribution in [0.15, 0.2) is 87.2 Å². The number of esters is 1. The highest BCUT2D eigenvalue weighted by Gasteiger charge is 2.18. The summed E-state index contributed by atoms with van der Waals surface area (Å²) < 4.78 is 76.2. The van der Waals surface area contributed by atoms with Crippen LogP contribution in [0, 0.1) is 6.92 Å². The van der Waals surface area contributed by atoms with E-state index in [1.165, 1.54) is 23.0 Å². The van der Waals surface area contributed by atoms with E-state index in [0.29, 0.717) is 33.0 Å². The van der Waals surface area contributed by atoms with Crippen LogP contribution in [0.2, 0.25) is 0 Å². The topological polar surface area (TPSA) is 231 Å². The van der Waals surface area contributed by atoms with Crippen LogP contribution in [-0.2, 0) is 63.1 Å². The van der Waals surface area contributed by atoms with Crippen molar-refractivity contribution in [2.75, 3.05) is 26.9 Å². The summed E-state index contributed by atoms with van der Waals surface area (Å²) in [5, 5.41) is 13.0. The van der Waals surface area contributed by atoms with Gasteiger partial charge >= 0.3 is 5.97 Å². The van der Waals surface area contributed by atoms with Crippen molar-refractivity contribution in [1.29, 1.82) is 0 Å². The van der Waals surface area contributed by atoms with Gasteiger partial charge in [0, 0.05) is 0 Å². The third-order valence-electron chi connectivity index (χ3n) is 6.84. The fourth-order valence-electron chi connectivity index (χ4n) is 4.38. The summed E-state index contributed by atoms with van der Waals surface area (Å²) >= 11 is 0.914.